The Labute approximate surface area is 125 Å². The second-order valence-electron chi connectivity index (χ2n) is 4.96. The van der Waals surface area contributed by atoms with E-state index in [9.17, 15) is 13.6 Å². The van der Waals surface area contributed by atoms with Crippen molar-refractivity contribution < 1.29 is 13.6 Å². The molecule has 2 aromatic carbocycles. The fourth-order valence-electron chi connectivity index (χ4n) is 2.57. The maximum atomic E-state index is 13.9. The van der Waals surface area contributed by atoms with Crippen molar-refractivity contribution in [3.05, 3.63) is 64.2 Å². The van der Waals surface area contributed by atoms with Crippen LogP contribution in [0.4, 0.5) is 14.5 Å². The van der Waals surface area contributed by atoms with Gasteiger partial charge in [0.15, 0.2) is 0 Å². The van der Waals surface area contributed by atoms with Crippen LogP contribution in [0.15, 0.2) is 36.4 Å². The summed E-state index contributed by atoms with van der Waals surface area (Å²) < 4.78 is 27.3. The number of halogens is 3. The Morgan fingerprint density at radius 2 is 1.95 bits per heavy atom. The van der Waals surface area contributed by atoms with E-state index in [0.29, 0.717) is 12.2 Å². The van der Waals surface area contributed by atoms with Crippen LogP contribution < -0.4 is 4.90 Å². The molecule has 0 aliphatic carbocycles. The summed E-state index contributed by atoms with van der Waals surface area (Å²) in [5.74, 6) is -1.55. The number of aryl methyl sites for hydroxylation is 1. The van der Waals surface area contributed by atoms with Crippen LogP contribution in [0.5, 0.6) is 0 Å². The zero-order valence-electron chi connectivity index (χ0n) is 11.1. The third kappa shape index (κ3) is 2.63. The summed E-state index contributed by atoms with van der Waals surface area (Å²) in [5.41, 5.74) is 1.30. The fraction of sp³-hybridized carbons (Fsp3) is 0.188. The van der Waals surface area contributed by atoms with Gasteiger partial charge in [0.25, 0.3) is 5.91 Å². The normalized spacial score (nSPS) is 14.0. The maximum Gasteiger partial charge on any atom is 0.261 e. The predicted molar refractivity (Wildman–Crippen MR) is 77.8 cm³/mol. The topological polar surface area (TPSA) is 20.3 Å². The molecule has 0 radical (unpaired) electrons. The Bertz CT molecular complexity index is 717. The predicted octanol–water partition coefficient (Wildman–Crippen LogP) is 4.21. The quantitative estimate of drug-likeness (QED) is 0.773. The van der Waals surface area contributed by atoms with Gasteiger partial charge in [0, 0.05) is 11.6 Å². The lowest BCUT2D eigenvalue weighted by Crippen LogP contribution is -2.36. The fourth-order valence-corrected chi connectivity index (χ4v) is 2.74. The monoisotopic (exact) mass is 307 g/mol. The third-order valence-corrected chi connectivity index (χ3v) is 3.81. The van der Waals surface area contributed by atoms with Gasteiger partial charge in [0.05, 0.1) is 11.3 Å². The van der Waals surface area contributed by atoms with Gasteiger partial charge in [-0.25, -0.2) is 8.78 Å². The highest BCUT2D eigenvalue weighted by Gasteiger charge is 2.26. The molecule has 5 heteroatoms. The van der Waals surface area contributed by atoms with Crippen LogP contribution in [0.3, 0.4) is 0 Å². The Kier molecular flexibility index (Phi) is 3.64. The highest BCUT2D eigenvalue weighted by Crippen LogP contribution is 2.30. The number of benzene rings is 2. The summed E-state index contributed by atoms with van der Waals surface area (Å²) in [6, 6.07) is 8.19. The van der Waals surface area contributed by atoms with E-state index in [0.717, 1.165) is 24.5 Å². The van der Waals surface area contributed by atoms with Gasteiger partial charge >= 0.3 is 0 Å². The number of carbonyl (C=O) groups is 1. The molecule has 2 aromatic rings. The number of amides is 1. The first-order valence-corrected chi connectivity index (χ1v) is 6.99. The van der Waals surface area contributed by atoms with Gasteiger partial charge in [-0.05, 0) is 48.7 Å². The molecule has 0 fully saturated rings. The number of fused-ring (bicyclic) bond motifs is 1. The van der Waals surface area contributed by atoms with Crippen LogP contribution in [0.1, 0.15) is 22.3 Å². The molecular weight excluding hydrogens is 296 g/mol. The summed E-state index contributed by atoms with van der Waals surface area (Å²) in [7, 11) is 0. The summed E-state index contributed by atoms with van der Waals surface area (Å²) in [6.45, 7) is 0.432. The van der Waals surface area contributed by atoms with E-state index < -0.39 is 17.5 Å². The van der Waals surface area contributed by atoms with Crippen molar-refractivity contribution in [2.45, 2.75) is 12.8 Å². The molecule has 0 unspecified atom stereocenters. The molecule has 0 bridgehead atoms. The first kappa shape index (κ1) is 14.0. The molecule has 0 aromatic heterocycles. The van der Waals surface area contributed by atoms with E-state index >= 15 is 0 Å². The second-order valence-corrected chi connectivity index (χ2v) is 5.39. The first-order valence-electron chi connectivity index (χ1n) is 6.61. The average molecular weight is 308 g/mol. The highest BCUT2D eigenvalue weighted by atomic mass is 35.5. The second kappa shape index (κ2) is 5.45. The van der Waals surface area contributed by atoms with Gasteiger partial charge < -0.3 is 4.90 Å². The van der Waals surface area contributed by atoms with Crippen molar-refractivity contribution in [2.75, 3.05) is 11.4 Å². The molecule has 1 aliphatic rings. The van der Waals surface area contributed by atoms with E-state index in [-0.39, 0.29) is 10.6 Å². The van der Waals surface area contributed by atoms with Crippen molar-refractivity contribution >= 4 is 23.2 Å². The van der Waals surface area contributed by atoms with Crippen molar-refractivity contribution in [3.63, 3.8) is 0 Å². The van der Waals surface area contributed by atoms with Gasteiger partial charge in [-0.15, -0.1) is 0 Å². The number of hydrogen-bond donors (Lipinski definition) is 0. The number of hydrogen-bond acceptors (Lipinski definition) is 1. The van der Waals surface area contributed by atoms with Crippen LogP contribution in [-0.2, 0) is 6.42 Å². The van der Waals surface area contributed by atoms with Crippen molar-refractivity contribution in [1.82, 2.24) is 0 Å². The molecule has 0 spiro atoms. The van der Waals surface area contributed by atoms with Crippen molar-refractivity contribution in [3.8, 4) is 0 Å². The lowest BCUT2D eigenvalue weighted by molar-refractivity contribution is 0.0981. The summed E-state index contributed by atoms with van der Waals surface area (Å²) >= 11 is 5.83. The molecule has 0 atom stereocenters. The minimum atomic E-state index is -0.632. The van der Waals surface area contributed by atoms with Crippen molar-refractivity contribution in [2.24, 2.45) is 0 Å². The Balaban J connectivity index is 2.04. The Morgan fingerprint density at radius 3 is 2.76 bits per heavy atom. The molecule has 1 heterocycles. The minimum absolute atomic E-state index is 0.0976. The molecular formula is C16H12ClF2NO. The highest BCUT2D eigenvalue weighted by molar-refractivity contribution is 6.31. The number of anilines is 1. The molecule has 2 nitrogen and oxygen atoms in total. The standard InChI is InChI=1S/C16H12ClF2NO/c17-11-4-6-14(19)13(8-11)16(21)20-7-1-2-10-3-5-12(18)9-15(10)20/h3-6,8-9H,1-2,7H2. The molecule has 0 saturated heterocycles. The SMILES string of the molecule is O=C(c1cc(Cl)ccc1F)N1CCCc2ccc(F)cc21. The smallest absolute Gasteiger partial charge is 0.261 e. The first-order chi connectivity index (χ1) is 10.1. The van der Waals surface area contributed by atoms with E-state index in [2.05, 4.69) is 0 Å². The van der Waals surface area contributed by atoms with Gasteiger partial charge in [-0.1, -0.05) is 17.7 Å². The van der Waals surface area contributed by atoms with E-state index in [1.54, 1.807) is 6.07 Å². The van der Waals surface area contributed by atoms with Crippen LogP contribution in [0, 0.1) is 11.6 Å². The lowest BCUT2D eigenvalue weighted by atomic mass is 10.0. The molecule has 1 aliphatic heterocycles. The van der Waals surface area contributed by atoms with Gasteiger partial charge in [-0.2, -0.15) is 0 Å². The van der Waals surface area contributed by atoms with Crippen LogP contribution >= 0.6 is 11.6 Å². The van der Waals surface area contributed by atoms with E-state index in [1.165, 1.54) is 29.2 Å². The van der Waals surface area contributed by atoms with E-state index in [1.807, 2.05) is 0 Å². The van der Waals surface area contributed by atoms with Gasteiger partial charge in [0.2, 0.25) is 0 Å². The summed E-state index contributed by atoms with van der Waals surface area (Å²) in [4.78, 5) is 14.0. The molecule has 0 N–H and O–H groups in total. The zero-order chi connectivity index (χ0) is 15.0. The van der Waals surface area contributed by atoms with Crippen LogP contribution in [0.25, 0.3) is 0 Å². The molecule has 3 rings (SSSR count). The van der Waals surface area contributed by atoms with Crippen LogP contribution in [-0.4, -0.2) is 12.5 Å². The van der Waals surface area contributed by atoms with Crippen molar-refractivity contribution in [1.29, 1.82) is 0 Å². The largest absolute Gasteiger partial charge is 0.308 e. The molecule has 0 saturated carbocycles. The molecule has 21 heavy (non-hydrogen) atoms. The lowest BCUT2D eigenvalue weighted by Gasteiger charge is -2.29. The Morgan fingerprint density at radius 1 is 1.14 bits per heavy atom. The van der Waals surface area contributed by atoms with Gasteiger partial charge in [0.1, 0.15) is 11.6 Å². The Hall–Kier alpha value is -1.94. The number of nitrogens with zero attached hydrogens (tertiary/aromatic N) is 1. The maximum absolute atomic E-state index is 13.9. The van der Waals surface area contributed by atoms with E-state index in [4.69, 9.17) is 11.6 Å². The minimum Gasteiger partial charge on any atom is -0.308 e. The van der Waals surface area contributed by atoms with Crippen LogP contribution in [0.2, 0.25) is 5.02 Å². The summed E-state index contributed by atoms with van der Waals surface area (Å²) in [6.07, 6.45) is 1.53. The zero-order valence-corrected chi connectivity index (χ0v) is 11.8. The molecule has 108 valence electrons. The number of rotatable bonds is 1. The van der Waals surface area contributed by atoms with Gasteiger partial charge in [-0.3, -0.25) is 4.79 Å². The third-order valence-electron chi connectivity index (χ3n) is 3.57. The number of carbonyl (C=O) groups excluding carboxylic acids is 1. The summed E-state index contributed by atoms with van der Waals surface area (Å²) in [5, 5.41) is 0.288. The molecule has 1 amide bonds. The average Bonchev–Trinajstić information content (AvgIpc) is 2.48.